The van der Waals surface area contributed by atoms with E-state index in [0.717, 1.165) is 22.0 Å². The molecule has 4 aromatic rings. The predicted molar refractivity (Wildman–Crippen MR) is 109 cm³/mol. The van der Waals surface area contributed by atoms with E-state index in [-0.39, 0.29) is 25.1 Å². The summed E-state index contributed by atoms with van der Waals surface area (Å²) >= 11 is 0. The number of fused-ring (bicyclic) bond motifs is 2. The molecule has 10 heteroatoms. The summed E-state index contributed by atoms with van der Waals surface area (Å²) in [5.74, 6) is -1.97. The van der Waals surface area contributed by atoms with Crippen LogP contribution >= 0.6 is 0 Å². The van der Waals surface area contributed by atoms with Crippen LogP contribution in [0.15, 0.2) is 64.3 Å². The van der Waals surface area contributed by atoms with Gasteiger partial charge in [-0.15, -0.1) is 0 Å². The number of hydrogen-bond acceptors (Lipinski definition) is 4. The molecule has 0 amide bonds. The van der Waals surface area contributed by atoms with Gasteiger partial charge >= 0.3 is 0 Å². The molecule has 1 aliphatic heterocycles. The van der Waals surface area contributed by atoms with Gasteiger partial charge in [0, 0.05) is 31.6 Å². The number of nitrogens with one attached hydrogen (secondary N) is 1. The first-order chi connectivity index (χ1) is 14.8. The molecule has 7 nitrogen and oxygen atoms in total. The summed E-state index contributed by atoms with van der Waals surface area (Å²) in [6.07, 6.45) is 0.212. The summed E-state index contributed by atoms with van der Waals surface area (Å²) in [6.45, 7) is -0.184. The van der Waals surface area contributed by atoms with Crippen molar-refractivity contribution < 1.29 is 17.2 Å². The summed E-state index contributed by atoms with van der Waals surface area (Å²) in [4.78, 5) is 17.1. The van der Waals surface area contributed by atoms with Crippen LogP contribution in [0.4, 0.5) is 8.78 Å². The normalized spacial score (nSPS) is 14.6. The first kappa shape index (κ1) is 19.6. The number of aromatic nitrogens is 3. The summed E-state index contributed by atoms with van der Waals surface area (Å²) < 4.78 is 55.3. The number of rotatable bonds is 3. The van der Waals surface area contributed by atoms with Crippen LogP contribution in [-0.4, -0.2) is 33.9 Å². The molecule has 0 radical (unpaired) electrons. The summed E-state index contributed by atoms with van der Waals surface area (Å²) in [5, 5.41) is 3.00. The summed E-state index contributed by atoms with van der Waals surface area (Å²) in [7, 11) is -4.19. The Morgan fingerprint density at radius 1 is 1.00 bits per heavy atom. The average Bonchev–Trinajstić information content (AvgIpc) is 3.18. The van der Waals surface area contributed by atoms with Crippen LogP contribution in [0.3, 0.4) is 0 Å². The first-order valence-electron chi connectivity index (χ1n) is 9.48. The number of halogens is 2. The third kappa shape index (κ3) is 3.33. The lowest BCUT2D eigenvalue weighted by Gasteiger charge is -2.27. The zero-order chi connectivity index (χ0) is 21.8. The minimum atomic E-state index is -4.19. The Morgan fingerprint density at radius 3 is 2.42 bits per heavy atom. The van der Waals surface area contributed by atoms with Crippen molar-refractivity contribution >= 4 is 15.7 Å². The Hall–Kier alpha value is -3.37. The fourth-order valence-electron chi connectivity index (χ4n) is 3.75. The summed E-state index contributed by atoms with van der Waals surface area (Å²) in [5.41, 5.74) is 2.35. The Morgan fingerprint density at radius 2 is 1.71 bits per heavy atom. The van der Waals surface area contributed by atoms with Crippen LogP contribution < -0.4 is 5.56 Å². The molecule has 1 aliphatic rings. The molecule has 0 atom stereocenters. The van der Waals surface area contributed by atoms with Gasteiger partial charge in [-0.05, 0) is 17.7 Å². The largest absolute Gasteiger partial charge is 0.289 e. The molecule has 0 bridgehead atoms. The van der Waals surface area contributed by atoms with Crippen LogP contribution in [0, 0.1) is 11.6 Å². The molecule has 0 aliphatic carbocycles. The van der Waals surface area contributed by atoms with Crippen molar-refractivity contribution in [3.05, 3.63) is 87.8 Å². The van der Waals surface area contributed by atoms with Gasteiger partial charge in [-0.3, -0.25) is 9.89 Å². The molecule has 3 heterocycles. The minimum Gasteiger partial charge on any atom is -0.289 e. The summed E-state index contributed by atoms with van der Waals surface area (Å²) in [6, 6.07) is 13.3. The van der Waals surface area contributed by atoms with E-state index in [2.05, 4.69) is 10.1 Å². The van der Waals surface area contributed by atoms with Gasteiger partial charge in [-0.1, -0.05) is 30.3 Å². The predicted octanol–water partition coefficient (Wildman–Crippen LogP) is 2.71. The van der Waals surface area contributed by atoms with Crippen molar-refractivity contribution in [2.45, 2.75) is 17.9 Å². The molecule has 158 valence electrons. The Kier molecular flexibility index (Phi) is 4.49. The number of benzene rings is 2. The van der Waals surface area contributed by atoms with Crippen LogP contribution in [0.1, 0.15) is 11.3 Å². The van der Waals surface area contributed by atoms with Crippen molar-refractivity contribution in [2.24, 2.45) is 0 Å². The van der Waals surface area contributed by atoms with Gasteiger partial charge in [0.2, 0.25) is 10.0 Å². The fraction of sp³-hybridized carbons (Fsp3) is 0.143. The molecule has 2 aromatic heterocycles. The average molecular weight is 442 g/mol. The van der Waals surface area contributed by atoms with Gasteiger partial charge in [-0.2, -0.15) is 4.31 Å². The van der Waals surface area contributed by atoms with Gasteiger partial charge < -0.3 is 0 Å². The zero-order valence-corrected chi connectivity index (χ0v) is 16.9. The second-order valence-electron chi connectivity index (χ2n) is 7.27. The highest BCUT2D eigenvalue weighted by atomic mass is 32.2. The van der Waals surface area contributed by atoms with Crippen molar-refractivity contribution in [2.75, 3.05) is 6.54 Å². The lowest BCUT2D eigenvalue weighted by atomic mass is 10.1. The number of hydrogen-bond donors (Lipinski definition) is 1. The van der Waals surface area contributed by atoms with Crippen molar-refractivity contribution in [1.82, 2.24) is 18.9 Å². The SMILES string of the molecule is O=c1c2c(nc3cc(-c4ccccc4)[nH]n13)CCN(S(=O)(=O)c1cc(F)cc(F)c1)C2. The van der Waals surface area contributed by atoms with E-state index in [4.69, 9.17) is 0 Å². The van der Waals surface area contributed by atoms with E-state index in [1.165, 1.54) is 4.52 Å². The number of aromatic amines is 1. The molecular weight excluding hydrogens is 426 g/mol. The van der Waals surface area contributed by atoms with Crippen LogP contribution in [-0.2, 0) is 23.0 Å². The molecule has 2 aromatic carbocycles. The molecule has 31 heavy (non-hydrogen) atoms. The number of H-pyrrole nitrogens is 1. The molecule has 0 saturated heterocycles. The van der Waals surface area contributed by atoms with E-state index >= 15 is 0 Å². The van der Waals surface area contributed by atoms with Gasteiger partial charge in [0.05, 0.1) is 21.8 Å². The van der Waals surface area contributed by atoms with Crippen molar-refractivity contribution in [3.63, 3.8) is 0 Å². The van der Waals surface area contributed by atoms with Gasteiger partial charge in [-0.25, -0.2) is 26.7 Å². The highest BCUT2D eigenvalue weighted by Crippen LogP contribution is 2.25. The molecule has 0 spiro atoms. The minimum absolute atomic E-state index is 0.0477. The quantitative estimate of drug-likeness (QED) is 0.529. The molecule has 0 fully saturated rings. The number of sulfonamides is 1. The van der Waals surface area contributed by atoms with Crippen LogP contribution in [0.25, 0.3) is 16.9 Å². The third-order valence-corrected chi connectivity index (χ3v) is 7.11. The second-order valence-corrected chi connectivity index (χ2v) is 9.20. The van der Waals surface area contributed by atoms with E-state index in [0.29, 0.717) is 23.1 Å². The fourth-order valence-corrected chi connectivity index (χ4v) is 5.21. The number of nitrogens with zero attached hydrogens (tertiary/aromatic N) is 3. The highest BCUT2D eigenvalue weighted by molar-refractivity contribution is 7.89. The van der Waals surface area contributed by atoms with E-state index in [9.17, 15) is 22.0 Å². The standard InChI is InChI=1S/C21H16F2N4O3S/c22-14-8-15(23)10-16(9-14)31(29,30)26-7-6-18-17(12-26)21(28)27-20(24-18)11-19(25-27)13-4-2-1-3-5-13/h1-5,8-11,25H,6-7,12H2. The maximum Gasteiger partial charge on any atom is 0.277 e. The Bertz CT molecular complexity index is 1460. The van der Waals surface area contributed by atoms with Gasteiger partial charge in [0.1, 0.15) is 11.6 Å². The van der Waals surface area contributed by atoms with E-state index in [1.54, 1.807) is 6.07 Å². The molecular formula is C21H16F2N4O3S. The maximum atomic E-state index is 13.6. The van der Waals surface area contributed by atoms with Crippen LogP contribution in [0.5, 0.6) is 0 Å². The Labute approximate surface area is 175 Å². The first-order valence-corrected chi connectivity index (χ1v) is 10.9. The topological polar surface area (TPSA) is 87.5 Å². The van der Waals surface area contributed by atoms with Gasteiger partial charge in [0.15, 0.2) is 5.65 Å². The second kappa shape index (κ2) is 7.10. The monoisotopic (exact) mass is 442 g/mol. The van der Waals surface area contributed by atoms with E-state index in [1.807, 2.05) is 30.3 Å². The lowest BCUT2D eigenvalue weighted by molar-refractivity contribution is 0.384. The molecule has 0 saturated carbocycles. The van der Waals surface area contributed by atoms with Gasteiger partial charge in [0.25, 0.3) is 5.56 Å². The molecule has 5 rings (SSSR count). The van der Waals surface area contributed by atoms with Crippen LogP contribution in [0.2, 0.25) is 0 Å². The maximum absolute atomic E-state index is 13.6. The lowest BCUT2D eigenvalue weighted by Crippen LogP contribution is -2.40. The van der Waals surface area contributed by atoms with Crippen molar-refractivity contribution in [1.29, 1.82) is 0 Å². The highest BCUT2D eigenvalue weighted by Gasteiger charge is 2.32. The molecule has 0 unspecified atom stereocenters. The smallest absolute Gasteiger partial charge is 0.277 e. The Balaban J connectivity index is 1.56. The third-order valence-electron chi connectivity index (χ3n) is 5.29. The zero-order valence-electron chi connectivity index (χ0n) is 16.0. The van der Waals surface area contributed by atoms with E-state index < -0.39 is 32.1 Å². The molecule has 1 N–H and O–H groups in total. The van der Waals surface area contributed by atoms with Crippen molar-refractivity contribution in [3.8, 4) is 11.3 Å².